The predicted molar refractivity (Wildman–Crippen MR) is 87.3 cm³/mol. The molecule has 8 heteroatoms. The zero-order valence-electron chi connectivity index (χ0n) is 12.9. The quantitative estimate of drug-likeness (QED) is 0.810. The van der Waals surface area contributed by atoms with Crippen LogP contribution in [0.15, 0.2) is 6.20 Å². The summed E-state index contributed by atoms with van der Waals surface area (Å²) in [6.07, 6.45) is 4.03. The minimum absolute atomic E-state index is 0.0372. The van der Waals surface area contributed by atoms with Gasteiger partial charge in [0.2, 0.25) is 10.0 Å². The van der Waals surface area contributed by atoms with Crippen LogP contribution in [0.5, 0.6) is 0 Å². The van der Waals surface area contributed by atoms with Crippen LogP contribution < -0.4 is 9.62 Å². The van der Waals surface area contributed by atoms with Crippen LogP contribution in [0.2, 0.25) is 0 Å². The van der Waals surface area contributed by atoms with Gasteiger partial charge in [0.1, 0.15) is 0 Å². The lowest BCUT2D eigenvalue weighted by Crippen LogP contribution is -2.36. The van der Waals surface area contributed by atoms with Crippen molar-refractivity contribution in [2.24, 2.45) is 0 Å². The number of rotatable bonds is 7. The molecule has 0 unspecified atom stereocenters. The molecule has 2 heterocycles. The summed E-state index contributed by atoms with van der Waals surface area (Å²) in [6, 6.07) is 0.0372. The van der Waals surface area contributed by atoms with E-state index in [0.29, 0.717) is 0 Å². The Morgan fingerprint density at radius 1 is 1.48 bits per heavy atom. The molecule has 1 N–H and O–H groups in total. The van der Waals surface area contributed by atoms with Gasteiger partial charge >= 0.3 is 0 Å². The molecule has 0 spiro atoms. The fourth-order valence-electron chi connectivity index (χ4n) is 2.61. The highest BCUT2D eigenvalue weighted by atomic mass is 32.2. The van der Waals surface area contributed by atoms with E-state index in [2.05, 4.69) is 33.4 Å². The number of hydrogen-bond acceptors (Lipinski definition) is 6. The Labute approximate surface area is 131 Å². The number of sulfonamides is 1. The molecule has 1 atom stereocenters. The van der Waals surface area contributed by atoms with Gasteiger partial charge in [-0.15, -0.1) is 11.3 Å². The number of anilines is 1. The van der Waals surface area contributed by atoms with Crippen LogP contribution in [0.1, 0.15) is 25.1 Å². The third kappa shape index (κ3) is 4.91. The normalized spacial score (nSPS) is 20.0. The van der Waals surface area contributed by atoms with Gasteiger partial charge in [0, 0.05) is 49.8 Å². The maximum Gasteiger partial charge on any atom is 0.208 e. The van der Waals surface area contributed by atoms with E-state index in [0.717, 1.165) is 44.3 Å². The number of nitrogens with zero attached hydrogens (tertiary/aromatic N) is 3. The zero-order chi connectivity index (χ0) is 15.5. The second-order valence-electron chi connectivity index (χ2n) is 5.39. The Kier molecular flexibility index (Phi) is 5.59. The van der Waals surface area contributed by atoms with Crippen molar-refractivity contribution < 1.29 is 8.42 Å². The highest BCUT2D eigenvalue weighted by molar-refractivity contribution is 7.88. The molecule has 1 aliphatic heterocycles. The lowest BCUT2D eigenvalue weighted by molar-refractivity contribution is 0.327. The van der Waals surface area contributed by atoms with Crippen molar-refractivity contribution in [3.05, 3.63) is 11.1 Å². The second-order valence-corrected chi connectivity index (χ2v) is 8.27. The van der Waals surface area contributed by atoms with Crippen molar-refractivity contribution in [3.8, 4) is 0 Å². The topological polar surface area (TPSA) is 65.5 Å². The number of likely N-dealkylation sites (tertiary alicyclic amines) is 1. The van der Waals surface area contributed by atoms with Gasteiger partial charge in [0.25, 0.3) is 0 Å². The van der Waals surface area contributed by atoms with Gasteiger partial charge in [-0.25, -0.2) is 18.1 Å². The molecule has 0 bridgehead atoms. The monoisotopic (exact) mass is 332 g/mol. The van der Waals surface area contributed by atoms with E-state index in [-0.39, 0.29) is 6.04 Å². The van der Waals surface area contributed by atoms with E-state index in [1.54, 1.807) is 11.3 Å². The Morgan fingerprint density at radius 2 is 2.19 bits per heavy atom. The van der Waals surface area contributed by atoms with Crippen molar-refractivity contribution in [1.29, 1.82) is 0 Å². The van der Waals surface area contributed by atoms with E-state index in [4.69, 9.17) is 0 Å². The molecule has 1 saturated heterocycles. The van der Waals surface area contributed by atoms with Crippen LogP contribution in [0, 0.1) is 0 Å². The van der Waals surface area contributed by atoms with Crippen LogP contribution in [0.4, 0.5) is 5.13 Å². The molecule has 0 radical (unpaired) electrons. The average Bonchev–Trinajstić information content (AvgIpc) is 3.00. The van der Waals surface area contributed by atoms with Crippen molar-refractivity contribution in [2.45, 2.75) is 32.9 Å². The molecule has 1 aliphatic rings. The molecule has 0 aliphatic carbocycles. The third-order valence-corrected chi connectivity index (χ3v) is 5.41. The molecule has 1 aromatic heterocycles. The largest absolute Gasteiger partial charge is 0.349 e. The summed E-state index contributed by atoms with van der Waals surface area (Å²) in [6.45, 7) is 8.73. The molecule has 0 aromatic carbocycles. The van der Waals surface area contributed by atoms with Crippen molar-refractivity contribution in [1.82, 2.24) is 14.6 Å². The standard InChI is InChI=1S/C13H24N4O2S2/c1-4-17(5-2)13-14-8-12(20-13)10-16-7-6-11(9-16)15-21(3,18)19/h8,11,15H,4-7,9-10H2,1-3H3/t11-/m1/s1. The summed E-state index contributed by atoms with van der Waals surface area (Å²) in [5, 5.41) is 1.07. The summed E-state index contributed by atoms with van der Waals surface area (Å²) in [5.74, 6) is 0. The zero-order valence-corrected chi connectivity index (χ0v) is 14.5. The van der Waals surface area contributed by atoms with Gasteiger partial charge < -0.3 is 4.90 Å². The van der Waals surface area contributed by atoms with Gasteiger partial charge in [-0.2, -0.15) is 0 Å². The molecule has 1 aromatic rings. The molecule has 1 fully saturated rings. The molecule has 6 nitrogen and oxygen atoms in total. The van der Waals surface area contributed by atoms with E-state index in [9.17, 15) is 8.42 Å². The van der Waals surface area contributed by atoms with Crippen LogP contribution >= 0.6 is 11.3 Å². The smallest absolute Gasteiger partial charge is 0.208 e. The molecule has 21 heavy (non-hydrogen) atoms. The SMILES string of the molecule is CCN(CC)c1ncc(CN2CC[C@@H](NS(C)(=O)=O)C2)s1. The first-order chi connectivity index (χ1) is 9.91. The Morgan fingerprint density at radius 3 is 2.81 bits per heavy atom. The van der Waals surface area contributed by atoms with Gasteiger partial charge in [-0.3, -0.25) is 4.90 Å². The maximum absolute atomic E-state index is 11.3. The minimum atomic E-state index is -3.11. The molecule has 0 saturated carbocycles. The maximum atomic E-state index is 11.3. The first-order valence-corrected chi connectivity index (χ1v) is 10.0. The number of aromatic nitrogens is 1. The molecule has 0 amide bonds. The highest BCUT2D eigenvalue weighted by Gasteiger charge is 2.25. The summed E-state index contributed by atoms with van der Waals surface area (Å²) < 4.78 is 25.2. The van der Waals surface area contributed by atoms with Gasteiger partial charge in [-0.05, 0) is 20.3 Å². The van der Waals surface area contributed by atoms with Gasteiger partial charge in [-0.1, -0.05) is 0 Å². The number of hydrogen-bond donors (Lipinski definition) is 1. The van der Waals surface area contributed by atoms with E-state index in [1.807, 2.05) is 6.20 Å². The van der Waals surface area contributed by atoms with Crippen LogP contribution in [-0.4, -0.2) is 56.8 Å². The number of thiazole rings is 1. The van der Waals surface area contributed by atoms with Gasteiger partial charge in [0.15, 0.2) is 5.13 Å². The van der Waals surface area contributed by atoms with Crippen molar-refractivity contribution >= 4 is 26.5 Å². The molecular formula is C13H24N4O2S2. The van der Waals surface area contributed by atoms with E-state index >= 15 is 0 Å². The van der Waals surface area contributed by atoms with Crippen LogP contribution in [0.25, 0.3) is 0 Å². The Balaban J connectivity index is 1.89. The van der Waals surface area contributed by atoms with E-state index < -0.39 is 10.0 Å². The molecule has 2 rings (SSSR count). The van der Waals surface area contributed by atoms with Crippen LogP contribution in [0.3, 0.4) is 0 Å². The minimum Gasteiger partial charge on any atom is -0.349 e. The average molecular weight is 332 g/mol. The predicted octanol–water partition coefficient (Wildman–Crippen LogP) is 1.11. The fraction of sp³-hybridized carbons (Fsp3) is 0.769. The van der Waals surface area contributed by atoms with E-state index in [1.165, 1.54) is 11.1 Å². The Hall–Kier alpha value is -0.700. The highest BCUT2D eigenvalue weighted by Crippen LogP contribution is 2.24. The summed E-state index contributed by atoms with van der Waals surface area (Å²) in [7, 11) is -3.11. The van der Waals surface area contributed by atoms with Crippen molar-refractivity contribution in [3.63, 3.8) is 0 Å². The second kappa shape index (κ2) is 7.04. The lowest BCUT2D eigenvalue weighted by atomic mass is 10.3. The van der Waals surface area contributed by atoms with Gasteiger partial charge in [0.05, 0.1) is 6.26 Å². The first-order valence-electron chi connectivity index (χ1n) is 7.30. The first kappa shape index (κ1) is 16.7. The third-order valence-electron chi connectivity index (χ3n) is 3.61. The van der Waals surface area contributed by atoms with Crippen LogP contribution in [-0.2, 0) is 16.6 Å². The summed E-state index contributed by atoms with van der Waals surface area (Å²) in [4.78, 5) is 10.2. The fourth-order valence-corrected chi connectivity index (χ4v) is 4.48. The molecular weight excluding hydrogens is 308 g/mol. The molecule has 120 valence electrons. The Bertz CT molecular complexity index is 554. The summed E-state index contributed by atoms with van der Waals surface area (Å²) in [5.41, 5.74) is 0. The van der Waals surface area contributed by atoms with Crippen molar-refractivity contribution in [2.75, 3.05) is 37.3 Å². The summed E-state index contributed by atoms with van der Waals surface area (Å²) >= 11 is 1.73. The number of nitrogens with one attached hydrogen (secondary N) is 1. The lowest BCUT2D eigenvalue weighted by Gasteiger charge is -2.17.